The van der Waals surface area contributed by atoms with Crippen LogP contribution in [0.2, 0.25) is 0 Å². The molecule has 3 N–H and O–H groups in total. The lowest BCUT2D eigenvalue weighted by Gasteiger charge is -2.23. The van der Waals surface area contributed by atoms with Gasteiger partial charge in [0.1, 0.15) is 5.75 Å². The molecule has 0 saturated heterocycles. The third-order valence-electron chi connectivity index (χ3n) is 3.16. The first kappa shape index (κ1) is 15.2. The van der Waals surface area contributed by atoms with Gasteiger partial charge >= 0.3 is 0 Å². The highest BCUT2D eigenvalue weighted by Gasteiger charge is 2.15. The van der Waals surface area contributed by atoms with Crippen LogP contribution in [-0.4, -0.2) is 25.2 Å². The summed E-state index contributed by atoms with van der Waals surface area (Å²) in [5.41, 5.74) is 8.16. The Morgan fingerprint density at radius 2 is 2.00 bits per heavy atom. The molecule has 0 fully saturated rings. The van der Waals surface area contributed by atoms with Gasteiger partial charge in [0.05, 0.1) is 18.4 Å². The van der Waals surface area contributed by atoms with Gasteiger partial charge in [0.15, 0.2) is 5.84 Å². The van der Waals surface area contributed by atoms with Crippen LogP contribution < -0.4 is 15.4 Å². The molecular weight excluding hydrogens is 334 g/mol. The number of rotatable bonds is 4. The summed E-state index contributed by atoms with van der Waals surface area (Å²) in [6.45, 7) is 0. The van der Waals surface area contributed by atoms with Crippen LogP contribution in [-0.2, 0) is 0 Å². The number of oxime groups is 1. The Labute approximate surface area is 131 Å². The summed E-state index contributed by atoms with van der Waals surface area (Å²) in [5, 5.41) is 12.1. The van der Waals surface area contributed by atoms with Crippen molar-refractivity contribution in [3.63, 3.8) is 0 Å². The van der Waals surface area contributed by atoms with Crippen LogP contribution >= 0.6 is 15.9 Å². The molecule has 6 heteroatoms. The van der Waals surface area contributed by atoms with E-state index in [0.29, 0.717) is 5.56 Å². The molecule has 0 heterocycles. The molecule has 2 aromatic carbocycles. The normalized spacial score (nSPS) is 11.3. The molecule has 0 unspecified atom stereocenters. The van der Waals surface area contributed by atoms with Crippen LogP contribution in [0.5, 0.6) is 5.75 Å². The zero-order valence-corrected chi connectivity index (χ0v) is 13.3. The Hall–Kier alpha value is -2.21. The molecule has 21 heavy (non-hydrogen) atoms. The van der Waals surface area contributed by atoms with Crippen molar-refractivity contribution in [2.45, 2.75) is 0 Å². The number of halogens is 1. The number of hydrogen-bond donors (Lipinski definition) is 2. The van der Waals surface area contributed by atoms with E-state index in [9.17, 15) is 0 Å². The first-order valence-electron chi connectivity index (χ1n) is 6.22. The van der Waals surface area contributed by atoms with Crippen molar-refractivity contribution >= 4 is 33.1 Å². The Bertz CT molecular complexity index is 674. The molecule has 2 aromatic rings. The van der Waals surface area contributed by atoms with E-state index in [0.717, 1.165) is 21.6 Å². The number of benzene rings is 2. The van der Waals surface area contributed by atoms with Crippen molar-refractivity contribution in [1.29, 1.82) is 0 Å². The predicted octanol–water partition coefficient (Wildman–Crippen LogP) is 3.32. The van der Waals surface area contributed by atoms with E-state index in [1.165, 1.54) is 0 Å². The second kappa shape index (κ2) is 6.49. The molecule has 0 saturated carbocycles. The maximum Gasteiger partial charge on any atom is 0.173 e. The Morgan fingerprint density at radius 3 is 2.67 bits per heavy atom. The van der Waals surface area contributed by atoms with Gasteiger partial charge in [0, 0.05) is 23.3 Å². The van der Waals surface area contributed by atoms with Crippen molar-refractivity contribution < 1.29 is 9.94 Å². The van der Waals surface area contributed by atoms with Gasteiger partial charge in [-0.2, -0.15) is 0 Å². The van der Waals surface area contributed by atoms with Crippen molar-refractivity contribution in [3.05, 3.63) is 52.5 Å². The molecule has 0 aliphatic rings. The maximum atomic E-state index is 8.98. The van der Waals surface area contributed by atoms with E-state index in [-0.39, 0.29) is 5.84 Å². The average molecular weight is 350 g/mol. The van der Waals surface area contributed by atoms with Crippen LogP contribution in [0.3, 0.4) is 0 Å². The van der Waals surface area contributed by atoms with Gasteiger partial charge in [-0.25, -0.2) is 0 Å². The van der Waals surface area contributed by atoms with E-state index in [1.807, 2.05) is 54.4 Å². The summed E-state index contributed by atoms with van der Waals surface area (Å²) in [4.78, 5) is 1.95. The Kier molecular flexibility index (Phi) is 4.70. The number of hydrogen-bond acceptors (Lipinski definition) is 4. The minimum atomic E-state index is 0.0484. The van der Waals surface area contributed by atoms with Crippen molar-refractivity contribution in [2.24, 2.45) is 10.9 Å². The molecule has 0 aromatic heterocycles. The van der Waals surface area contributed by atoms with Gasteiger partial charge in [-0.05, 0) is 40.2 Å². The molecule has 0 spiro atoms. The van der Waals surface area contributed by atoms with Gasteiger partial charge in [-0.1, -0.05) is 17.3 Å². The van der Waals surface area contributed by atoms with E-state index in [4.69, 9.17) is 15.7 Å². The number of methoxy groups -OCH3 is 1. The fourth-order valence-corrected chi connectivity index (χ4v) is 2.61. The second-order valence-electron chi connectivity index (χ2n) is 4.38. The lowest BCUT2D eigenvalue weighted by atomic mass is 10.1. The van der Waals surface area contributed by atoms with Gasteiger partial charge < -0.3 is 20.6 Å². The molecule has 0 amide bonds. The highest BCUT2D eigenvalue weighted by molar-refractivity contribution is 9.10. The van der Waals surface area contributed by atoms with Crippen molar-refractivity contribution in [3.8, 4) is 5.75 Å². The predicted molar refractivity (Wildman–Crippen MR) is 87.7 cm³/mol. The first-order valence-corrected chi connectivity index (χ1v) is 7.02. The summed E-state index contributed by atoms with van der Waals surface area (Å²) < 4.78 is 5.99. The van der Waals surface area contributed by atoms with Crippen LogP contribution in [0.15, 0.2) is 52.1 Å². The number of ether oxygens (including phenoxy) is 1. The molecule has 0 bridgehead atoms. The highest BCUT2D eigenvalue weighted by Crippen LogP contribution is 2.32. The van der Waals surface area contributed by atoms with Gasteiger partial charge in [0.25, 0.3) is 0 Å². The summed E-state index contributed by atoms with van der Waals surface area (Å²) in [6.07, 6.45) is 0. The second-order valence-corrected chi connectivity index (χ2v) is 5.23. The monoisotopic (exact) mass is 349 g/mol. The van der Waals surface area contributed by atoms with Crippen LogP contribution in [0, 0.1) is 0 Å². The fourth-order valence-electron chi connectivity index (χ4n) is 2.05. The lowest BCUT2D eigenvalue weighted by molar-refractivity contribution is 0.318. The van der Waals surface area contributed by atoms with Crippen LogP contribution in [0.1, 0.15) is 5.56 Å². The van der Waals surface area contributed by atoms with E-state index >= 15 is 0 Å². The number of anilines is 2. The zero-order chi connectivity index (χ0) is 15.4. The lowest BCUT2D eigenvalue weighted by Crippen LogP contribution is -2.20. The molecule has 5 nitrogen and oxygen atoms in total. The third-order valence-corrected chi connectivity index (χ3v) is 3.82. The molecule has 0 aliphatic carbocycles. The summed E-state index contributed by atoms with van der Waals surface area (Å²) in [6, 6.07) is 13.3. The standard InChI is InChI=1S/C15H16BrN3O2/c1-19(10-5-3-6-11(9-10)21-2)13-8-4-7-12(16)14(13)15(17)18-20/h3-9,20H,1-2H3,(H2,17,18). The van der Waals surface area contributed by atoms with E-state index in [2.05, 4.69) is 21.1 Å². The molecule has 110 valence electrons. The molecule has 2 rings (SSSR count). The highest BCUT2D eigenvalue weighted by atomic mass is 79.9. The largest absolute Gasteiger partial charge is 0.497 e. The zero-order valence-electron chi connectivity index (χ0n) is 11.7. The van der Waals surface area contributed by atoms with Crippen LogP contribution in [0.25, 0.3) is 0 Å². The Balaban J connectivity index is 2.53. The van der Waals surface area contributed by atoms with E-state index in [1.54, 1.807) is 7.11 Å². The summed E-state index contributed by atoms with van der Waals surface area (Å²) in [5.74, 6) is 0.812. The first-order chi connectivity index (χ1) is 10.1. The molecule has 0 radical (unpaired) electrons. The summed E-state index contributed by atoms with van der Waals surface area (Å²) in [7, 11) is 3.53. The fraction of sp³-hybridized carbons (Fsp3) is 0.133. The number of nitrogens with two attached hydrogens (primary N) is 1. The third kappa shape index (κ3) is 3.11. The van der Waals surface area contributed by atoms with Gasteiger partial charge in [-0.15, -0.1) is 0 Å². The molecular formula is C15H16BrN3O2. The topological polar surface area (TPSA) is 71.1 Å². The smallest absolute Gasteiger partial charge is 0.173 e. The maximum absolute atomic E-state index is 8.98. The van der Waals surface area contributed by atoms with Crippen LogP contribution in [0.4, 0.5) is 11.4 Å². The van der Waals surface area contributed by atoms with Gasteiger partial charge in [-0.3, -0.25) is 0 Å². The quantitative estimate of drug-likeness (QED) is 0.384. The number of amidine groups is 1. The number of nitrogens with zero attached hydrogens (tertiary/aromatic N) is 2. The molecule has 0 aliphatic heterocycles. The van der Waals surface area contributed by atoms with Gasteiger partial charge in [0.2, 0.25) is 0 Å². The van der Waals surface area contributed by atoms with Crippen molar-refractivity contribution in [2.75, 3.05) is 19.1 Å². The summed E-state index contributed by atoms with van der Waals surface area (Å²) >= 11 is 3.43. The minimum Gasteiger partial charge on any atom is -0.497 e. The molecule has 0 atom stereocenters. The Morgan fingerprint density at radius 1 is 1.29 bits per heavy atom. The SMILES string of the molecule is COc1cccc(N(C)c2cccc(Br)c2/C(N)=N/O)c1. The van der Waals surface area contributed by atoms with Crippen molar-refractivity contribution in [1.82, 2.24) is 0 Å². The minimum absolute atomic E-state index is 0.0484. The average Bonchev–Trinajstić information content (AvgIpc) is 2.53. The van der Waals surface area contributed by atoms with E-state index < -0.39 is 0 Å².